The lowest BCUT2D eigenvalue weighted by molar-refractivity contribution is -0.131. The highest BCUT2D eigenvalue weighted by atomic mass is 19.1. The number of amides is 2. The molecule has 1 fully saturated rings. The summed E-state index contributed by atoms with van der Waals surface area (Å²) in [6.07, 6.45) is 5.64. The number of rotatable bonds is 6. The predicted octanol–water partition coefficient (Wildman–Crippen LogP) is 4.26. The zero-order valence-electron chi connectivity index (χ0n) is 22.1. The minimum absolute atomic E-state index is 0.00345. The molecule has 1 saturated heterocycles. The van der Waals surface area contributed by atoms with Crippen molar-refractivity contribution in [2.24, 2.45) is 0 Å². The minimum Gasteiger partial charge on any atom is -0.342 e. The number of aromatic nitrogens is 6. The van der Waals surface area contributed by atoms with E-state index in [1.54, 1.807) is 41.7 Å². The van der Waals surface area contributed by atoms with Crippen molar-refractivity contribution < 1.29 is 18.4 Å². The molecule has 0 aliphatic carbocycles. The monoisotopic (exact) mass is 567 g/mol. The van der Waals surface area contributed by atoms with Crippen molar-refractivity contribution in [3.63, 3.8) is 0 Å². The number of carbonyl (C=O) groups is 2. The van der Waals surface area contributed by atoms with Crippen LogP contribution >= 0.6 is 0 Å². The Balaban J connectivity index is 1.34. The number of pyridine rings is 1. The molecule has 1 aromatic carbocycles. The molecule has 13 heteroatoms. The Kier molecular flexibility index (Phi) is 7.10. The number of nitrogens with one attached hydrogen (secondary N) is 1. The SMILES string of the molecule is N#CCC(=O)N1CCC(n2cnc(-c3ccc(F)cc3)c2-c2ccc3nc(NC(=O)c4ccnc(F)c4)cn3n2)CC1. The fourth-order valence-electron chi connectivity index (χ4n) is 5.08. The Morgan fingerprint density at radius 1 is 1.05 bits per heavy atom. The number of nitrogens with zero attached hydrogens (tertiary/aromatic N) is 8. The van der Waals surface area contributed by atoms with Gasteiger partial charge in [0.25, 0.3) is 5.91 Å². The first-order chi connectivity index (χ1) is 20.4. The standard InChI is InChI=1S/C29H23F2N9O2/c30-20-3-1-18(2-4-20)27-28(39(17-34-27)21-9-13-38(14-10-21)26(41)7-11-32)22-5-6-25-35-24(16-40(25)37-22)36-29(42)19-8-12-33-23(31)15-19/h1-6,8,12,15-17,21H,7,9-10,13-14H2,(H,36,42). The number of hydrogen-bond acceptors (Lipinski definition) is 7. The van der Waals surface area contributed by atoms with Gasteiger partial charge in [-0.3, -0.25) is 9.59 Å². The Morgan fingerprint density at radius 2 is 1.83 bits per heavy atom. The molecule has 42 heavy (non-hydrogen) atoms. The number of hydrogen-bond donors (Lipinski definition) is 1. The zero-order valence-corrected chi connectivity index (χ0v) is 22.1. The summed E-state index contributed by atoms with van der Waals surface area (Å²) in [6.45, 7) is 1.01. The summed E-state index contributed by atoms with van der Waals surface area (Å²) in [5.74, 6) is -1.63. The second kappa shape index (κ2) is 11.2. The molecule has 210 valence electrons. The molecular formula is C29H23F2N9O2. The fourth-order valence-corrected chi connectivity index (χ4v) is 5.08. The maximum absolute atomic E-state index is 13.7. The second-order valence-electron chi connectivity index (χ2n) is 9.77. The first kappa shape index (κ1) is 26.7. The van der Waals surface area contributed by atoms with E-state index in [0.717, 1.165) is 6.07 Å². The molecule has 11 nitrogen and oxygen atoms in total. The third-order valence-electron chi connectivity index (χ3n) is 7.15. The number of likely N-dealkylation sites (tertiary alicyclic amines) is 1. The molecular weight excluding hydrogens is 544 g/mol. The van der Waals surface area contributed by atoms with Crippen LogP contribution in [0.1, 0.15) is 35.7 Å². The molecule has 0 atom stereocenters. The van der Waals surface area contributed by atoms with Crippen LogP contribution in [0, 0.1) is 23.1 Å². The van der Waals surface area contributed by atoms with Crippen molar-refractivity contribution in [1.29, 1.82) is 5.26 Å². The maximum Gasteiger partial charge on any atom is 0.257 e. The van der Waals surface area contributed by atoms with Crippen LogP contribution in [0.15, 0.2) is 67.3 Å². The van der Waals surface area contributed by atoms with Crippen LogP contribution in [-0.2, 0) is 4.79 Å². The highest BCUT2D eigenvalue weighted by molar-refractivity contribution is 6.03. The molecule has 1 aliphatic rings. The second-order valence-corrected chi connectivity index (χ2v) is 9.77. The van der Waals surface area contributed by atoms with Crippen LogP contribution in [0.2, 0.25) is 0 Å². The highest BCUT2D eigenvalue weighted by Gasteiger charge is 2.27. The highest BCUT2D eigenvalue weighted by Crippen LogP contribution is 2.35. The molecule has 1 N–H and O–H groups in total. The van der Waals surface area contributed by atoms with Crippen molar-refractivity contribution in [3.8, 4) is 28.7 Å². The minimum atomic E-state index is -0.767. The summed E-state index contributed by atoms with van der Waals surface area (Å²) < 4.78 is 30.7. The van der Waals surface area contributed by atoms with Crippen LogP contribution in [0.3, 0.4) is 0 Å². The number of carbonyl (C=O) groups excluding carboxylic acids is 2. The molecule has 0 saturated carbocycles. The van der Waals surface area contributed by atoms with Gasteiger partial charge in [0.05, 0.1) is 30.0 Å². The summed E-state index contributed by atoms with van der Waals surface area (Å²) in [4.78, 5) is 39.0. The van der Waals surface area contributed by atoms with Gasteiger partial charge in [0.1, 0.15) is 17.9 Å². The first-order valence-corrected chi connectivity index (χ1v) is 13.2. The van der Waals surface area contributed by atoms with E-state index in [4.69, 9.17) is 10.4 Å². The number of imidazole rings is 2. The molecule has 2 amide bonds. The first-order valence-electron chi connectivity index (χ1n) is 13.2. The zero-order chi connectivity index (χ0) is 29.2. The van der Waals surface area contributed by atoms with Gasteiger partial charge >= 0.3 is 0 Å². The van der Waals surface area contributed by atoms with E-state index < -0.39 is 11.9 Å². The van der Waals surface area contributed by atoms with Gasteiger partial charge in [-0.2, -0.15) is 14.8 Å². The van der Waals surface area contributed by atoms with Crippen molar-refractivity contribution in [2.75, 3.05) is 18.4 Å². The van der Waals surface area contributed by atoms with E-state index in [1.165, 1.54) is 28.9 Å². The van der Waals surface area contributed by atoms with Gasteiger partial charge in [-0.25, -0.2) is 23.9 Å². The summed E-state index contributed by atoms with van der Waals surface area (Å²) in [7, 11) is 0. The van der Waals surface area contributed by atoms with Crippen LogP contribution in [0.25, 0.3) is 28.3 Å². The number of benzene rings is 1. The lowest BCUT2D eigenvalue weighted by atomic mass is 10.0. The van der Waals surface area contributed by atoms with Gasteiger partial charge in [0.2, 0.25) is 11.9 Å². The number of fused-ring (bicyclic) bond motifs is 1. The number of piperidine rings is 1. The van der Waals surface area contributed by atoms with Gasteiger partial charge in [-0.1, -0.05) is 0 Å². The molecule has 1 aliphatic heterocycles. The van der Waals surface area contributed by atoms with Crippen LogP contribution in [-0.4, -0.2) is 58.9 Å². The summed E-state index contributed by atoms with van der Waals surface area (Å²) >= 11 is 0. The van der Waals surface area contributed by atoms with Gasteiger partial charge in [0, 0.05) is 42.5 Å². The van der Waals surface area contributed by atoms with E-state index in [1.807, 2.05) is 10.6 Å². The van der Waals surface area contributed by atoms with E-state index in [0.29, 0.717) is 54.2 Å². The van der Waals surface area contributed by atoms with Crippen LogP contribution in [0.5, 0.6) is 0 Å². The van der Waals surface area contributed by atoms with E-state index in [9.17, 15) is 18.4 Å². The van der Waals surface area contributed by atoms with Gasteiger partial charge < -0.3 is 14.8 Å². The van der Waals surface area contributed by atoms with Crippen molar-refractivity contribution in [3.05, 3.63) is 84.6 Å². The van der Waals surface area contributed by atoms with E-state index in [-0.39, 0.29) is 35.6 Å². The van der Waals surface area contributed by atoms with Gasteiger partial charge in [-0.15, -0.1) is 0 Å². The normalized spacial score (nSPS) is 13.7. The van der Waals surface area contributed by atoms with E-state index >= 15 is 0 Å². The lowest BCUT2D eigenvalue weighted by Crippen LogP contribution is -2.38. The Bertz CT molecular complexity index is 1830. The van der Waals surface area contributed by atoms with Crippen molar-refractivity contribution in [1.82, 2.24) is 34.0 Å². The van der Waals surface area contributed by atoms with E-state index in [2.05, 4.69) is 20.3 Å². The predicted molar refractivity (Wildman–Crippen MR) is 147 cm³/mol. The summed E-state index contributed by atoms with van der Waals surface area (Å²) in [5, 5.41) is 16.3. The number of nitriles is 1. The molecule has 4 aromatic heterocycles. The van der Waals surface area contributed by atoms with Crippen LogP contribution in [0.4, 0.5) is 14.6 Å². The van der Waals surface area contributed by atoms with Crippen LogP contribution < -0.4 is 5.32 Å². The molecule has 0 spiro atoms. The third kappa shape index (κ3) is 5.29. The molecule has 0 bridgehead atoms. The average Bonchev–Trinajstić information content (AvgIpc) is 3.61. The Morgan fingerprint density at radius 3 is 2.57 bits per heavy atom. The van der Waals surface area contributed by atoms with Crippen molar-refractivity contribution >= 4 is 23.3 Å². The largest absolute Gasteiger partial charge is 0.342 e. The topological polar surface area (TPSA) is 134 Å². The molecule has 5 aromatic rings. The lowest BCUT2D eigenvalue weighted by Gasteiger charge is -2.33. The smallest absolute Gasteiger partial charge is 0.257 e. The molecule has 6 rings (SSSR count). The summed E-state index contributed by atoms with van der Waals surface area (Å²) in [5.41, 5.74) is 3.15. The molecule has 0 radical (unpaired) electrons. The average molecular weight is 568 g/mol. The van der Waals surface area contributed by atoms with Gasteiger partial charge in [-0.05, 0) is 55.3 Å². The Labute approximate surface area is 238 Å². The third-order valence-corrected chi connectivity index (χ3v) is 7.15. The maximum atomic E-state index is 13.7. The molecule has 0 unspecified atom stereocenters. The van der Waals surface area contributed by atoms with Gasteiger partial charge in [0.15, 0.2) is 11.5 Å². The fraction of sp³-hybridized carbons (Fsp3) is 0.207. The summed E-state index contributed by atoms with van der Waals surface area (Å²) in [6, 6.07) is 13.9. The van der Waals surface area contributed by atoms with Crippen molar-refractivity contribution in [2.45, 2.75) is 25.3 Å². The Hall–Kier alpha value is -5.51. The molecule has 5 heterocycles. The number of halogens is 2. The number of anilines is 1. The quantitative estimate of drug-likeness (QED) is 0.303.